The lowest BCUT2D eigenvalue weighted by Crippen LogP contribution is -2.24. The molecule has 0 aromatic heterocycles. The number of nitrogens with one attached hydrogen (secondary N) is 1. The van der Waals surface area contributed by atoms with Crippen LogP contribution in [0.15, 0.2) is 53.4 Å². The lowest BCUT2D eigenvalue weighted by atomic mass is 10.2. The Balaban J connectivity index is 1.91. The van der Waals surface area contributed by atoms with Crippen molar-refractivity contribution in [1.29, 1.82) is 0 Å². The van der Waals surface area contributed by atoms with Crippen molar-refractivity contribution in [2.24, 2.45) is 0 Å². The Kier molecular flexibility index (Phi) is 6.78. The van der Waals surface area contributed by atoms with E-state index in [0.717, 1.165) is 5.56 Å². The van der Waals surface area contributed by atoms with Gasteiger partial charge >= 0.3 is 5.97 Å². The zero-order valence-electron chi connectivity index (χ0n) is 14.3. The molecule has 0 saturated heterocycles. The second kappa shape index (κ2) is 9.04. The van der Waals surface area contributed by atoms with Crippen molar-refractivity contribution in [1.82, 2.24) is 4.72 Å². The summed E-state index contributed by atoms with van der Waals surface area (Å²) in [7, 11) is -3.77. The highest BCUT2D eigenvalue weighted by Crippen LogP contribution is 2.13. The van der Waals surface area contributed by atoms with Crippen LogP contribution >= 0.6 is 0 Å². The number of carbonyl (C=O) groups excluding carboxylic acids is 1. The Hall–Kier alpha value is -2.82. The molecule has 0 spiro atoms. The van der Waals surface area contributed by atoms with Crippen LogP contribution in [0.1, 0.15) is 15.9 Å². The normalized spacial score (nSPS) is 10.8. The molecule has 0 aliphatic rings. The summed E-state index contributed by atoms with van der Waals surface area (Å²) in [6.07, 6.45) is 5.05. The minimum absolute atomic E-state index is 0.0408. The SMILES string of the molecule is C#CCNS(=O)(=O)c1cccc(C(=O)OCCOc2cccc(C)c2)c1. The van der Waals surface area contributed by atoms with Gasteiger partial charge in [-0.05, 0) is 42.8 Å². The lowest BCUT2D eigenvalue weighted by molar-refractivity contribution is 0.0450. The zero-order chi connectivity index (χ0) is 19.0. The quantitative estimate of drug-likeness (QED) is 0.436. The van der Waals surface area contributed by atoms with E-state index in [-0.39, 0.29) is 30.2 Å². The van der Waals surface area contributed by atoms with Crippen molar-refractivity contribution in [3.8, 4) is 18.1 Å². The third-order valence-electron chi connectivity index (χ3n) is 3.32. The molecular weight excluding hydrogens is 354 g/mol. The highest BCUT2D eigenvalue weighted by Gasteiger charge is 2.16. The van der Waals surface area contributed by atoms with Crippen molar-refractivity contribution in [2.75, 3.05) is 19.8 Å². The van der Waals surface area contributed by atoms with E-state index in [9.17, 15) is 13.2 Å². The highest BCUT2D eigenvalue weighted by atomic mass is 32.2. The summed E-state index contributed by atoms with van der Waals surface area (Å²) >= 11 is 0. The van der Waals surface area contributed by atoms with E-state index in [0.29, 0.717) is 5.75 Å². The number of benzene rings is 2. The number of aryl methyl sites for hydroxylation is 1. The Morgan fingerprint density at radius 2 is 1.92 bits per heavy atom. The minimum atomic E-state index is -3.77. The van der Waals surface area contributed by atoms with Gasteiger partial charge in [-0.15, -0.1) is 6.42 Å². The molecule has 0 atom stereocenters. The van der Waals surface area contributed by atoms with Crippen LogP contribution in [0.3, 0.4) is 0 Å². The fourth-order valence-corrected chi connectivity index (χ4v) is 3.07. The molecule has 0 saturated carbocycles. The van der Waals surface area contributed by atoms with Crippen LogP contribution in [0.4, 0.5) is 0 Å². The van der Waals surface area contributed by atoms with Crippen molar-refractivity contribution in [3.05, 3.63) is 59.7 Å². The monoisotopic (exact) mass is 373 g/mol. The molecule has 0 aliphatic carbocycles. The topological polar surface area (TPSA) is 81.7 Å². The molecule has 2 rings (SSSR count). The summed E-state index contributed by atoms with van der Waals surface area (Å²) in [5.74, 6) is 2.24. The van der Waals surface area contributed by atoms with Gasteiger partial charge < -0.3 is 9.47 Å². The molecule has 7 heteroatoms. The van der Waals surface area contributed by atoms with Crippen LogP contribution < -0.4 is 9.46 Å². The van der Waals surface area contributed by atoms with Gasteiger partial charge in [0.05, 0.1) is 17.0 Å². The first-order valence-electron chi connectivity index (χ1n) is 7.82. The highest BCUT2D eigenvalue weighted by molar-refractivity contribution is 7.89. The van der Waals surface area contributed by atoms with Crippen LogP contribution in [0.25, 0.3) is 0 Å². The molecule has 1 N–H and O–H groups in total. The zero-order valence-corrected chi connectivity index (χ0v) is 15.1. The fraction of sp³-hybridized carbons (Fsp3) is 0.211. The standard InChI is InChI=1S/C19H19NO5S/c1-3-10-20-26(22,23)18-9-5-7-16(14-18)19(21)25-12-11-24-17-8-4-6-15(2)13-17/h1,4-9,13-14,20H,10-12H2,2H3. The average molecular weight is 373 g/mol. The van der Waals surface area contributed by atoms with Crippen molar-refractivity contribution in [2.45, 2.75) is 11.8 Å². The van der Waals surface area contributed by atoms with E-state index in [1.54, 1.807) is 0 Å². The van der Waals surface area contributed by atoms with Gasteiger partial charge in [-0.3, -0.25) is 0 Å². The van der Waals surface area contributed by atoms with E-state index >= 15 is 0 Å². The van der Waals surface area contributed by atoms with Gasteiger partial charge in [0.15, 0.2) is 0 Å². The molecule has 2 aromatic rings. The van der Waals surface area contributed by atoms with E-state index in [4.69, 9.17) is 15.9 Å². The average Bonchev–Trinajstić information content (AvgIpc) is 2.63. The molecule has 0 fully saturated rings. The Morgan fingerprint density at radius 3 is 2.65 bits per heavy atom. The van der Waals surface area contributed by atoms with Crippen molar-refractivity contribution < 1.29 is 22.7 Å². The molecule has 0 radical (unpaired) electrons. The second-order valence-electron chi connectivity index (χ2n) is 5.36. The number of esters is 1. The van der Waals surface area contributed by atoms with E-state index in [2.05, 4.69) is 10.6 Å². The van der Waals surface area contributed by atoms with Crippen molar-refractivity contribution >= 4 is 16.0 Å². The smallest absolute Gasteiger partial charge is 0.338 e. The van der Waals surface area contributed by atoms with Crippen LogP contribution in [0.5, 0.6) is 5.75 Å². The first-order chi connectivity index (χ1) is 12.4. The summed E-state index contributed by atoms with van der Waals surface area (Å²) in [6.45, 7) is 2.05. The largest absolute Gasteiger partial charge is 0.490 e. The first-order valence-corrected chi connectivity index (χ1v) is 9.30. The molecule has 26 heavy (non-hydrogen) atoms. The first kappa shape index (κ1) is 19.5. The van der Waals surface area contributed by atoms with Crippen LogP contribution in [0.2, 0.25) is 0 Å². The Bertz CT molecular complexity index is 916. The molecule has 2 aromatic carbocycles. The molecule has 6 nitrogen and oxygen atoms in total. The van der Waals surface area contributed by atoms with Crippen LogP contribution in [0, 0.1) is 19.3 Å². The minimum Gasteiger partial charge on any atom is -0.490 e. The van der Waals surface area contributed by atoms with Gasteiger partial charge in [0.25, 0.3) is 0 Å². The number of hydrogen-bond acceptors (Lipinski definition) is 5. The van der Waals surface area contributed by atoms with E-state index in [1.165, 1.54) is 24.3 Å². The third-order valence-corrected chi connectivity index (χ3v) is 4.72. The summed E-state index contributed by atoms with van der Waals surface area (Å²) in [5, 5.41) is 0. The van der Waals surface area contributed by atoms with Gasteiger partial charge in [-0.25, -0.2) is 13.2 Å². The number of terminal acetylenes is 1. The molecule has 136 valence electrons. The van der Waals surface area contributed by atoms with Gasteiger partial charge in [-0.1, -0.05) is 24.1 Å². The van der Waals surface area contributed by atoms with E-state index < -0.39 is 16.0 Å². The molecule has 0 bridgehead atoms. The molecule has 0 unspecified atom stereocenters. The third kappa shape index (κ3) is 5.62. The maximum absolute atomic E-state index is 12.1. The van der Waals surface area contributed by atoms with Gasteiger partial charge in [0.2, 0.25) is 10.0 Å². The number of hydrogen-bond donors (Lipinski definition) is 1. The fourth-order valence-electron chi connectivity index (χ4n) is 2.09. The predicted molar refractivity (Wildman–Crippen MR) is 97.4 cm³/mol. The summed E-state index contributed by atoms with van der Waals surface area (Å²) in [5.41, 5.74) is 1.19. The van der Waals surface area contributed by atoms with Crippen LogP contribution in [-0.2, 0) is 14.8 Å². The van der Waals surface area contributed by atoms with Gasteiger partial charge in [-0.2, -0.15) is 4.72 Å². The number of carbonyl (C=O) groups is 1. The lowest BCUT2D eigenvalue weighted by Gasteiger charge is -2.09. The number of sulfonamides is 1. The van der Waals surface area contributed by atoms with Crippen LogP contribution in [-0.4, -0.2) is 34.1 Å². The predicted octanol–water partition coefficient (Wildman–Crippen LogP) is 2.14. The summed E-state index contributed by atoms with van der Waals surface area (Å²) in [4.78, 5) is 12.0. The Morgan fingerprint density at radius 1 is 1.15 bits per heavy atom. The van der Waals surface area contributed by atoms with E-state index in [1.807, 2.05) is 31.2 Å². The molecule has 0 heterocycles. The molecular formula is C19H19NO5S. The van der Waals surface area contributed by atoms with Gasteiger partial charge in [0, 0.05) is 0 Å². The number of rotatable bonds is 8. The summed E-state index contributed by atoms with van der Waals surface area (Å²) in [6, 6.07) is 13.1. The second-order valence-corrected chi connectivity index (χ2v) is 7.12. The van der Waals surface area contributed by atoms with Crippen molar-refractivity contribution in [3.63, 3.8) is 0 Å². The molecule has 0 aliphatic heterocycles. The number of ether oxygens (including phenoxy) is 2. The van der Waals surface area contributed by atoms with Gasteiger partial charge in [0.1, 0.15) is 19.0 Å². The maximum atomic E-state index is 12.1. The summed E-state index contributed by atoms with van der Waals surface area (Å²) < 4.78 is 36.9. The molecule has 0 amide bonds. The maximum Gasteiger partial charge on any atom is 0.338 e. The Labute approximate surface area is 153 Å².